The molecule has 6 nitrogen and oxygen atoms in total. The molecule has 0 bridgehead atoms. The predicted octanol–water partition coefficient (Wildman–Crippen LogP) is 4.54. The number of ether oxygens (including phenoxy) is 1. The van der Waals surface area contributed by atoms with Crippen LogP contribution in [0, 0.1) is 5.82 Å². The van der Waals surface area contributed by atoms with Crippen molar-refractivity contribution in [3.8, 4) is 5.75 Å². The van der Waals surface area contributed by atoms with E-state index >= 15 is 0 Å². The maximum atomic E-state index is 13.1. The number of anilines is 2. The number of sulfonamides is 1. The van der Waals surface area contributed by atoms with Crippen molar-refractivity contribution >= 4 is 38.9 Å². The molecule has 9 heteroatoms. The monoisotopic (exact) mass is 434 g/mol. The van der Waals surface area contributed by atoms with Crippen molar-refractivity contribution in [3.63, 3.8) is 0 Å². The lowest BCUT2D eigenvalue weighted by atomic mass is 10.2. The molecule has 3 aromatic rings. The minimum absolute atomic E-state index is 0.0173. The third-order valence-corrected chi connectivity index (χ3v) is 5.66. The van der Waals surface area contributed by atoms with Gasteiger partial charge in [-0.25, -0.2) is 12.8 Å². The van der Waals surface area contributed by atoms with Gasteiger partial charge in [0.25, 0.3) is 15.9 Å². The number of benzene rings is 3. The number of amides is 1. The van der Waals surface area contributed by atoms with Crippen molar-refractivity contribution in [1.82, 2.24) is 0 Å². The van der Waals surface area contributed by atoms with E-state index in [9.17, 15) is 17.6 Å². The van der Waals surface area contributed by atoms with E-state index in [1.54, 1.807) is 24.3 Å². The summed E-state index contributed by atoms with van der Waals surface area (Å²) >= 11 is 6.09. The van der Waals surface area contributed by atoms with Crippen LogP contribution >= 0.6 is 11.6 Å². The van der Waals surface area contributed by atoms with E-state index in [1.165, 1.54) is 25.3 Å². The number of carbonyl (C=O) groups excluding carboxylic acids is 1. The molecule has 0 aromatic heterocycles. The number of carbonyl (C=O) groups is 1. The van der Waals surface area contributed by atoms with Crippen LogP contribution in [0.2, 0.25) is 5.02 Å². The normalized spacial score (nSPS) is 11.0. The van der Waals surface area contributed by atoms with Gasteiger partial charge in [0.1, 0.15) is 11.6 Å². The minimum Gasteiger partial charge on any atom is -0.495 e. The summed E-state index contributed by atoms with van der Waals surface area (Å²) in [7, 11) is -2.54. The van der Waals surface area contributed by atoms with Gasteiger partial charge in [0.2, 0.25) is 0 Å². The molecule has 3 rings (SSSR count). The van der Waals surface area contributed by atoms with Crippen molar-refractivity contribution < 1.29 is 22.3 Å². The first-order valence-electron chi connectivity index (χ1n) is 8.32. The zero-order chi connectivity index (χ0) is 21.0. The van der Waals surface area contributed by atoms with Crippen LogP contribution in [0.15, 0.2) is 71.6 Å². The summed E-state index contributed by atoms with van der Waals surface area (Å²) in [4.78, 5) is 12.5. The van der Waals surface area contributed by atoms with Crippen molar-refractivity contribution in [2.24, 2.45) is 0 Å². The van der Waals surface area contributed by atoms with Gasteiger partial charge in [-0.15, -0.1) is 0 Å². The summed E-state index contributed by atoms with van der Waals surface area (Å²) in [5, 5.41) is 2.80. The van der Waals surface area contributed by atoms with Crippen LogP contribution in [0.4, 0.5) is 15.8 Å². The predicted molar refractivity (Wildman–Crippen MR) is 110 cm³/mol. The van der Waals surface area contributed by atoms with Gasteiger partial charge in [-0.2, -0.15) is 0 Å². The number of halogens is 2. The van der Waals surface area contributed by atoms with Crippen LogP contribution in [0.5, 0.6) is 5.75 Å². The highest BCUT2D eigenvalue weighted by atomic mass is 35.5. The van der Waals surface area contributed by atoms with Gasteiger partial charge in [-0.3, -0.25) is 9.52 Å². The van der Waals surface area contributed by atoms with Crippen molar-refractivity contribution in [1.29, 1.82) is 0 Å². The molecule has 0 saturated heterocycles. The molecule has 3 aromatic carbocycles. The van der Waals surface area contributed by atoms with E-state index in [2.05, 4.69) is 10.0 Å². The Balaban J connectivity index is 1.86. The summed E-state index contributed by atoms with van der Waals surface area (Å²) in [6.07, 6.45) is 0. The second-order valence-electron chi connectivity index (χ2n) is 5.91. The molecule has 0 aliphatic heterocycles. The topological polar surface area (TPSA) is 84.5 Å². The van der Waals surface area contributed by atoms with E-state index in [0.29, 0.717) is 11.4 Å². The Bertz CT molecular complexity index is 1150. The van der Waals surface area contributed by atoms with Crippen molar-refractivity contribution in [2.75, 3.05) is 17.1 Å². The van der Waals surface area contributed by atoms with Gasteiger partial charge in [0.15, 0.2) is 0 Å². The van der Waals surface area contributed by atoms with Crippen LogP contribution in [-0.4, -0.2) is 21.4 Å². The summed E-state index contributed by atoms with van der Waals surface area (Å²) < 4.78 is 45.6. The maximum Gasteiger partial charge on any atom is 0.261 e. The van der Waals surface area contributed by atoms with E-state index in [-0.39, 0.29) is 21.2 Å². The largest absolute Gasteiger partial charge is 0.495 e. The lowest BCUT2D eigenvalue weighted by Gasteiger charge is -2.13. The fraction of sp³-hybridized carbons (Fsp3) is 0.0500. The molecule has 2 N–H and O–H groups in total. The third-order valence-electron chi connectivity index (χ3n) is 3.95. The van der Waals surface area contributed by atoms with Crippen LogP contribution < -0.4 is 14.8 Å². The van der Waals surface area contributed by atoms with E-state index in [0.717, 1.165) is 24.3 Å². The maximum absolute atomic E-state index is 13.1. The number of rotatable bonds is 6. The van der Waals surface area contributed by atoms with Crippen LogP contribution in [0.1, 0.15) is 10.4 Å². The quantitative estimate of drug-likeness (QED) is 0.596. The van der Waals surface area contributed by atoms with Crippen LogP contribution in [0.25, 0.3) is 0 Å². The van der Waals surface area contributed by atoms with Gasteiger partial charge < -0.3 is 10.1 Å². The zero-order valence-corrected chi connectivity index (χ0v) is 16.7. The standard InChI is InChI=1S/C20H16ClFN2O4S/c1-28-19-5-3-2-4-17(19)23-20(25)13-6-11-16(21)18(12-13)24-29(26,27)15-9-7-14(22)8-10-15/h2-12,24H,1H3,(H,23,25). The number of hydrogen-bond donors (Lipinski definition) is 2. The molecule has 1 amide bonds. The molecule has 0 radical (unpaired) electrons. The minimum atomic E-state index is -4.02. The number of para-hydroxylation sites is 2. The molecule has 150 valence electrons. The lowest BCUT2D eigenvalue weighted by Crippen LogP contribution is -2.16. The summed E-state index contributed by atoms with van der Waals surface area (Å²) in [6.45, 7) is 0. The average molecular weight is 435 g/mol. The molecular weight excluding hydrogens is 419 g/mol. The van der Waals surface area contributed by atoms with Gasteiger partial charge >= 0.3 is 0 Å². The zero-order valence-electron chi connectivity index (χ0n) is 15.1. The molecule has 0 saturated carbocycles. The van der Waals surface area contributed by atoms with E-state index in [4.69, 9.17) is 16.3 Å². The highest BCUT2D eigenvalue weighted by Crippen LogP contribution is 2.28. The molecule has 0 fully saturated rings. The number of nitrogens with one attached hydrogen (secondary N) is 2. The van der Waals surface area contributed by atoms with Crippen molar-refractivity contribution in [3.05, 3.63) is 83.1 Å². The molecule has 29 heavy (non-hydrogen) atoms. The summed E-state index contributed by atoms with van der Waals surface area (Å²) in [5.41, 5.74) is 0.657. The number of methoxy groups -OCH3 is 1. The lowest BCUT2D eigenvalue weighted by molar-refractivity contribution is 0.102. The van der Waals surface area contributed by atoms with Gasteiger partial charge in [-0.05, 0) is 54.6 Å². The highest BCUT2D eigenvalue weighted by Gasteiger charge is 2.18. The smallest absolute Gasteiger partial charge is 0.261 e. The van der Waals surface area contributed by atoms with Crippen LogP contribution in [-0.2, 0) is 10.0 Å². The van der Waals surface area contributed by atoms with Crippen LogP contribution in [0.3, 0.4) is 0 Å². The first-order valence-corrected chi connectivity index (χ1v) is 10.2. The second-order valence-corrected chi connectivity index (χ2v) is 8.00. The molecule has 0 aliphatic carbocycles. The van der Waals surface area contributed by atoms with E-state index in [1.807, 2.05) is 0 Å². The molecular formula is C20H16ClFN2O4S. The number of hydrogen-bond acceptors (Lipinski definition) is 4. The Morgan fingerprint density at radius 1 is 1.00 bits per heavy atom. The fourth-order valence-electron chi connectivity index (χ4n) is 2.50. The Hall–Kier alpha value is -3.10. The van der Waals surface area contributed by atoms with E-state index < -0.39 is 21.7 Å². The molecule has 0 atom stereocenters. The SMILES string of the molecule is COc1ccccc1NC(=O)c1ccc(Cl)c(NS(=O)(=O)c2ccc(F)cc2)c1. The van der Waals surface area contributed by atoms with Gasteiger partial charge in [0, 0.05) is 5.56 Å². The first kappa shape index (κ1) is 20.6. The second kappa shape index (κ2) is 8.50. The Morgan fingerprint density at radius 3 is 2.38 bits per heavy atom. The van der Waals surface area contributed by atoms with Gasteiger partial charge in [0.05, 0.1) is 28.4 Å². The first-order chi connectivity index (χ1) is 13.8. The Labute approximate surface area is 172 Å². The van der Waals surface area contributed by atoms with Gasteiger partial charge in [-0.1, -0.05) is 23.7 Å². The molecule has 0 unspecified atom stereocenters. The summed E-state index contributed by atoms with van der Waals surface area (Å²) in [5.74, 6) is -0.558. The molecule has 0 spiro atoms. The Kier molecular flexibility index (Phi) is 6.05. The average Bonchev–Trinajstić information content (AvgIpc) is 2.70. The molecule has 0 heterocycles. The summed E-state index contributed by atoms with van der Waals surface area (Å²) in [6, 6.07) is 15.4. The Morgan fingerprint density at radius 2 is 1.69 bits per heavy atom. The molecule has 0 aliphatic rings. The highest BCUT2D eigenvalue weighted by molar-refractivity contribution is 7.92. The van der Waals surface area contributed by atoms with Crippen molar-refractivity contribution in [2.45, 2.75) is 4.90 Å². The fourth-order valence-corrected chi connectivity index (χ4v) is 3.80. The third kappa shape index (κ3) is 4.85.